The molecule has 4 heteroatoms. The Morgan fingerprint density at radius 1 is 1.53 bits per heavy atom. The molecule has 15 heavy (non-hydrogen) atoms. The summed E-state index contributed by atoms with van der Waals surface area (Å²) in [7, 11) is 1.59. The molecule has 0 amide bonds. The SMILES string of the molecule is C#CCOc1noc2ccc(OC)cc12. The quantitative estimate of drug-likeness (QED) is 0.714. The number of ether oxygens (including phenoxy) is 2. The summed E-state index contributed by atoms with van der Waals surface area (Å²) < 4.78 is 15.3. The average Bonchev–Trinajstić information content (AvgIpc) is 2.68. The summed E-state index contributed by atoms with van der Waals surface area (Å²) in [4.78, 5) is 0. The van der Waals surface area contributed by atoms with Crippen LogP contribution in [0.3, 0.4) is 0 Å². The number of hydrogen-bond donors (Lipinski definition) is 0. The first-order valence-corrected chi connectivity index (χ1v) is 4.35. The zero-order valence-corrected chi connectivity index (χ0v) is 8.19. The Labute approximate surface area is 86.8 Å². The van der Waals surface area contributed by atoms with Gasteiger partial charge in [-0.15, -0.1) is 6.42 Å². The second-order valence-electron chi connectivity index (χ2n) is 2.84. The van der Waals surface area contributed by atoms with E-state index in [0.717, 1.165) is 11.1 Å². The van der Waals surface area contributed by atoms with Gasteiger partial charge < -0.3 is 14.0 Å². The highest BCUT2D eigenvalue weighted by atomic mass is 16.5. The van der Waals surface area contributed by atoms with Gasteiger partial charge in [-0.3, -0.25) is 0 Å². The number of methoxy groups -OCH3 is 1. The van der Waals surface area contributed by atoms with Gasteiger partial charge in [-0.2, -0.15) is 0 Å². The van der Waals surface area contributed by atoms with Crippen molar-refractivity contribution in [2.75, 3.05) is 13.7 Å². The lowest BCUT2D eigenvalue weighted by molar-refractivity contribution is 0.322. The minimum Gasteiger partial charge on any atom is -0.497 e. The van der Waals surface area contributed by atoms with Crippen LogP contribution < -0.4 is 9.47 Å². The summed E-state index contributed by atoms with van der Waals surface area (Å²) in [5, 5.41) is 4.51. The third kappa shape index (κ3) is 1.72. The van der Waals surface area contributed by atoms with Crippen LogP contribution in [0, 0.1) is 12.3 Å². The molecular formula is C11H9NO3. The molecule has 0 atom stereocenters. The highest BCUT2D eigenvalue weighted by Gasteiger charge is 2.09. The van der Waals surface area contributed by atoms with Crippen molar-refractivity contribution >= 4 is 11.0 Å². The lowest BCUT2D eigenvalue weighted by Crippen LogP contribution is -1.93. The predicted octanol–water partition coefficient (Wildman–Crippen LogP) is 1.85. The number of aromatic nitrogens is 1. The Bertz CT molecular complexity index is 510. The van der Waals surface area contributed by atoms with E-state index < -0.39 is 0 Å². The van der Waals surface area contributed by atoms with Crippen LogP contribution in [0.1, 0.15) is 0 Å². The van der Waals surface area contributed by atoms with E-state index in [9.17, 15) is 0 Å². The lowest BCUT2D eigenvalue weighted by Gasteiger charge is -1.99. The van der Waals surface area contributed by atoms with E-state index in [2.05, 4.69) is 11.1 Å². The van der Waals surface area contributed by atoms with Gasteiger partial charge >= 0.3 is 0 Å². The van der Waals surface area contributed by atoms with E-state index in [1.807, 2.05) is 0 Å². The van der Waals surface area contributed by atoms with E-state index in [-0.39, 0.29) is 6.61 Å². The number of fused-ring (bicyclic) bond motifs is 1. The minimum absolute atomic E-state index is 0.166. The molecule has 0 N–H and O–H groups in total. The lowest BCUT2D eigenvalue weighted by atomic mass is 10.2. The summed E-state index contributed by atoms with van der Waals surface area (Å²) >= 11 is 0. The summed E-state index contributed by atoms with van der Waals surface area (Å²) in [6.45, 7) is 0.166. The maximum Gasteiger partial charge on any atom is 0.263 e. The van der Waals surface area contributed by atoms with Gasteiger partial charge in [-0.25, -0.2) is 0 Å². The maximum absolute atomic E-state index is 5.21. The van der Waals surface area contributed by atoms with Crippen LogP contribution in [-0.4, -0.2) is 18.9 Å². The van der Waals surface area contributed by atoms with Crippen molar-refractivity contribution in [2.45, 2.75) is 0 Å². The van der Waals surface area contributed by atoms with Crippen molar-refractivity contribution in [1.82, 2.24) is 5.16 Å². The van der Waals surface area contributed by atoms with Crippen LogP contribution >= 0.6 is 0 Å². The largest absolute Gasteiger partial charge is 0.497 e. The second kappa shape index (κ2) is 3.93. The minimum atomic E-state index is 0.166. The molecule has 2 rings (SSSR count). The molecular weight excluding hydrogens is 194 g/mol. The van der Waals surface area contributed by atoms with Gasteiger partial charge in [0.25, 0.3) is 5.88 Å². The van der Waals surface area contributed by atoms with Crippen molar-refractivity contribution in [2.24, 2.45) is 0 Å². The van der Waals surface area contributed by atoms with Crippen molar-refractivity contribution in [3.8, 4) is 24.0 Å². The Morgan fingerprint density at radius 3 is 3.13 bits per heavy atom. The van der Waals surface area contributed by atoms with E-state index in [1.54, 1.807) is 25.3 Å². The fraction of sp³-hybridized carbons (Fsp3) is 0.182. The van der Waals surface area contributed by atoms with E-state index in [0.29, 0.717) is 11.5 Å². The monoisotopic (exact) mass is 203 g/mol. The summed E-state index contributed by atoms with van der Waals surface area (Å²) in [5.74, 6) is 3.47. The van der Waals surface area contributed by atoms with E-state index in [4.69, 9.17) is 20.4 Å². The highest BCUT2D eigenvalue weighted by Crippen LogP contribution is 2.28. The summed E-state index contributed by atoms with van der Waals surface area (Å²) in [5.41, 5.74) is 0.642. The van der Waals surface area contributed by atoms with Crippen molar-refractivity contribution in [1.29, 1.82) is 0 Å². The second-order valence-corrected chi connectivity index (χ2v) is 2.84. The molecule has 4 nitrogen and oxygen atoms in total. The van der Waals surface area contributed by atoms with Gasteiger partial charge in [-0.05, 0) is 23.4 Å². The van der Waals surface area contributed by atoms with Crippen LogP contribution in [0.25, 0.3) is 11.0 Å². The van der Waals surface area contributed by atoms with Crippen LogP contribution in [0.4, 0.5) is 0 Å². The zero-order valence-electron chi connectivity index (χ0n) is 8.19. The smallest absolute Gasteiger partial charge is 0.263 e. The van der Waals surface area contributed by atoms with Gasteiger partial charge in [0.05, 0.1) is 12.5 Å². The van der Waals surface area contributed by atoms with Gasteiger partial charge in [0, 0.05) is 0 Å². The van der Waals surface area contributed by atoms with Crippen LogP contribution in [-0.2, 0) is 0 Å². The highest BCUT2D eigenvalue weighted by molar-refractivity contribution is 5.83. The van der Waals surface area contributed by atoms with E-state index >= 15 is 0 Å². The first-order valence-electron chi connectivity index (χ1n) is 4.35. The Morgan fingerprint density at radius 2 is 2.40 bits per heavy atom. The fourth-order valence-corrected chi connectivity index (χ4v) is 1.24. The first-order chi connectivity index (χ1) is 7.35. The molecule has 0 radical (unpaired) electrons. The molecule has 0 saturated carbocycles. The van der Waals surface area contributed by atoms with Gasteiger partial charge in [0.2, 0.25) is 0 Å². The normalized spacial score (nSPS) is 9.87. The molecule has 0 spiro atoms. The van der Waals surface area contributed by atoms with E-state index in [1.165, 1.54) is 0 Å². The first kappa shape index (κ1) is 9.41. The topological polar surface area (TPSA) is 44.5 Å². The molecule has 0 aliphatic carbocycles. The van der Waals surface area contributed by atoms with Gasteiger partial charge in [0.1, 0.15) is 5.75 Å². The standard InChI is InChI=1S/C11H9NO3/c1-3-6-14-11-9-7-8(13-2)4-5-10(9)15-12-11/h1,4-5,7H,6H2,2H3. The Hall–Kier alpha value is -2.15. The van der Waals surface area contributed by atoms with Gasteiger partial charge in [-0.1, -0.05) is 5.92 Å². The van der Waals surface area contributed by atoms with Crippen LogP contribution in [0.2, 0.25) is 0 Å². The molecule has 0 aliphatic rings. The number of hydrogen-bond acceptors (Lipinski definition) is 4. The maximum atomic E-state index is 5.21. The molecule has 0 fully saturated rings. The molecule has 1 aromatic heterocycles. The van der Waals surface area contributed by atoms with Crippen molar-refractivity contribution in [3.05, 3.63) is 18.2 Å². The average molecular weight is 203 g/mol. The number of rotatable bonds is 3. The van der Waals surface area contributed by atoms with Crippen LogP contribution in [0.5, 0.6) is 11.6 Å². The van der Waals surface area contributed by atoms with Crippen molar-refractivity contribution < 1.29 is 14.0 Å². The molecule has 76 valence electrons. The molecule has 0 bridgehead atoms. The molecule has 0 aliphatic heterocycles. The number of benzene rings is 1. The number of nitrogens with zero attached hydrogens (tertiary/aromatic N) is 1. The third-order valence-electron chi connectivity index (χ3n) is 1.94. The molecule has 0 unspecified atom stereocenters. The fourth-order valence-electron chi connectivity index (χ4n) is 1.24. The summed E-state index contributed by atoms with van der Waals surface area (Å²) in [6.07, 6.45) is 5.09. The zero-order chi connectivity index (χ0) is 10.7. The van der Waals surface area contributed by atoms with Gasteiger partial charge in [0.15, 0.2) is 12.2 Å². The molecule has 0 saturated heterocycles. The Balaban J connectivity index is 2.43. The molecule has 1 heterocycles. The third-order valence-corrected chi connectivity index (χ3v) is 1.94. The molecule has 2 aromatic rings. The molecule has 1 aromatic carbocycles. The predicted molar refractivity (Wildman–Crippen MR) is 54.9 cm³/mol. The number of terminal acetylenes is 1. The van der Waals surface area contributed by atoms with Crippen LogP contribution in [0.15, 0.2) is 22.7 Å². The summed E-state index contributed by atoms with van der Waals surface area (Å²) in [6, 6.07) is 5.35. The van der Waals surface area contributed by atoms with Crippen molar-refractivity contribution in [3.63, 3.8) is 0 Å². The Kier molecular flexibility index (Phi) is 2.46.